The van der Waals surface area contributed by atoms with Gasteiger partial charge in [-0.25, -0.2) is 0 Å². The standard InChI is InChI=1S/C19H27N3O2.ClH/c1-13-8-14(2)10-16(9-13)22-7-5-17(19(22)24)18(23)21-12-15-4-3-6-20-11-15;/h8-10,15,17,20H,3-7,11-12H2,1-2H3,(H,21,23);1H. The summed E-state index contributed by atoms with van der Waals surface area (Å²) in [6.07, 6.45) is 2.89. The van der Waals surface area contributed by atoms with E-state index in [1.54, 1.807) is 4.90 Å². The van der Waals surface area contributed by atoms with Gasteiger partial charge in [0.25, 0.3) is 0 Å². The quantitative estimate of drug-likeness (QED) is 0.804. The summed E-state index contributed by atoms with van der Waals surface area (Å²) in [5.74, 6) is -0.242. The van der Waals surface area contributed by atoms with Gasteiger partial charge in [0, 0.05) is 18.8 Å². The fourth-order valence-electron chi connectivity index (χ4n) is 3.75. The van der Waals surface area contributed by atoms with Gasteiger partial charge < -0.3 is 15.5 Å². The normalized spacial score (nSPS) is 23.3. The molecule has 2 aliphatic heterocycles. The van der Waals surface area contributed by atoms with Crippen molar-refractivity contribution in [1.29, 1.82) is 0 Å². The Kier molecular flexibility index (Phi) is 6.85. The molecule has 6 heteroatoms. The number of carbonyl (C=O) groups is 2. The van der Waals surface area contributed by atoms with Crippen LogP contribution in [0, 0.1) is 25.7 Å². The Morgan fingerprint density at radius 3 is 2.60 bits per heavy atom. The first-order chi connectivity index (χ1) is 11.5. The van der Waals surface area contributed by atoms with E-state index >= 15 is 0 Å². The van der Waals surface area contributed by atoms with Crippen molar-refractivity contribution < 1.29 is 9.59 Å². The number of amides is 2. The lowest BCUT2D eigenvalue weighted by molar-refractivity contribution is -0.132. The predicted octanol–water partition coefficient (Wildman–Crippen LogP) is 2.19. The number of rotatable bonds is 4. The Balaban J connectivity index is 0.00000225. The molecule has 2 aliphatic rings. The Morgan fingerprint density at radius 1 is 1.24 bits per heavy atom. The van der Waals surface area contributed by atoms with E-state index in [-0.39, 0.29) is 24.2 Å². The van der Waals surface area contributed by atoms with Crippen molar-refractivity contribution >= 4 is 29.9 Å². The smallest absolute Gasteiger partial charge is 0.239 e. The molecule has 25 heavy (non-hydrogen) atoms. The van der Waals surface area contributed by atoms with Crippen molar-refractivity contribution in [2.24, 2.45) is 11.8 Å². The SMILES string of the molecule is Cc1cc(C)cc(N2CCC(C(=O)NCC3CCCNC3)C2=O)c1.Cl. The maximum Gasteiger partial charge on any atom is 0.239 e. The molecule has 0 aliphatic carbocycles. The topological polar surface area (TPSA) is 61.4 Å². The fourth-order valence-corrected chi connectivity index (χ4v) is 3.75. The molecule has 1 aromatic rings. The third-order valence-corrected chi connectivity index (χ3v) is 5.00. The summed E-state index contributed by atoms with van der Waals surface area (Å²) < 4.78 is 0. The second-order valence-electron chi connectivity index (χ2n) is 7.13. The molecular formula is C19H28ClN3O2. The van der Waals surface area contributed by atoms with Crippen molar-refractivity contribution in [2.45, 2.75) is 33.1 Å². The Hall–Kier alpha value is -1.59. The van der Waals surface area contributed by atoms with Crippen molar-refractivity contribution in [3.05, 3.63) is 29.3 Å². The molecule has 5 nitrogen and oxygen atoms in total. The van der Waals surface area contributed by atoms with E-state index < -0.39 is 5.92 Å². The number of anilines is 1. The summed E-state index contributed by atoms with van der Waals surface area (Å²) in [7, 11) is 0. The van der Waals surface area contributed by atoms with Gasteiger partial charge in [0.05, 0.1) is 0 Å². The first kappa shape index (κ1) is 19.7. The minimum atomic E-state index is -0.539. The average Bonchev–Trinajstić information content (AvgIpc) is 2.94. The first-order valence-electron chi connectivity index (χ1n) is 8.92. The van der Waals surface area contributed by atoms with Gasteiger partial charge in [-0.1, -0.05) is 6.07 Å². The predicted molar refractivity (Wildman–Crippen MR) is 102 cm³/mol. The van der Waals surface area contributed by atoms with Crippen LogP contribution in [0.2, 0.25) is 0 Å². The van der Waals surface area contributed by atoms with Gasteiger partial charge in [-0.15, -0.1) is 12.4 Å². The summed E-state index contributed by atoms with van der Waals surface area (Å²) in [5, 5.41) is 6.34. The Morgan fingerprint density at radius 2 is 1.96 bits per heavy atom. The van der Waals surface area contributed by atoms with E-state index in [9.17, 15) is 9.59 Å². The van der Waals surface area contributed by atoms with Crippen molar-refractivity contribution in [1.82, 2.24) is 10.6 Å². The Bertz CT molecular complexity index is 609. The summed E-state index contributed by atoms with van der Waals surface area (Å²) in [5.41, 5.74) is 3.18. The highest BCUT2D eigenvalue weighted by molar-refractivity contribution is 6.09. The second-order valence-corrected chi connectivity index (χ2v) is 7.13. The zero-order valence-corrected chi connectivity index (χ0v) is 15.8. The molecule has 2 saturated heterocycles. The van der Waals surface area contributed by atoms with Crippen LogP contribution < -0.4 is 15.5 Å². The molecule has 0 spiro atoms. The van der Waals surface area contributed by atoms with E-state index in [1.807, 2.05) is 26.0 Å². The monoisotopic (exact) mass is 365 g/mol. The number of halogens is 1. The van der Waals surface area contributed by atoms with Crippen molar-refractivity contribution in [3.8, 4) is 0 Å². The van der Waals surface area contributed by atoms with Crippen molar-refractivity contribution in [3.63, 3.8) is 0 Å². The number of aryl methyl sites for hydroxylation is 2. The number of hydrogen-bond donors (Lipinski definition) is 2. The van der Waals surface area contributed by atoms with Gasteiger partial charge in [-0.05, 0) is 75.4 Å². The van der Waals surface area contributed by atoms with Gasteiger partial charge in [0.1, 0.15) is 5.92 Å². The highest BCUT2D eigenvalue weighted by atomic mass is 35.5. The molecule has 2 heterocycles. The summed E-state index contributed by atoms with van der Waals surface area (Å²) >= 11 is 0. The molecule has 1 aromatic carbocycles. The molecule has 0 saturated carbocycles. The third-order valence-electron chi connectivity index (χ3n) is 5.00. The maximum atomic E-state index is 12.7. The maximum absolute atomic E-state index is 12.7. The summed E-state index contributed by atoms with van der Waals surface area (Å²) in [6, 6.07) is 6.12. The molecule has 2 fully saturated rings. The molecule has 0 radical (unpaired) electrons. The van der Waals surface area contributed by atoms with Crippen LogP contribution in [0.25, 0.3) is 0 Å². The number of hydrogen-bond acceptors (Lipinski definition) is 3. The highest BCUT2D eigenvalue weighted by Crippen LogP contribution is 2.27. The minimum Gasteiger partial charge on any atom is -0.355 e. The minimum absolute atomic E-state index is 0. The van der Waals surface area contributed by atoms with Crippen molar-refractivity contribution in [2.75, 3.05) is 31.1 Å². The first-order valence-corrected chi connectivity index (χ1v) is 8.92. The number of benzene rings is 1. The fraction of sp³-hybridized carbons (Fsp3) is 0.579. The zero-order valence-electron chi connectivity index (χ0n) is 15.0. The van der Waals surface area contributed by atoms with Gasteiger partial charge in [-0.2, -0.15) is 0 Å². The van der Waals surface area contributed by atoms with Crippen LogP contribution in [0.5, 0.6) is 0 Å². The molecule has 0 bridgehead atoms. The Labute approximate surface area is 155 Å². The molecular weight excluding hydrogens is 338 g/mol. The van der Waals surface area contributed by atoms with Gasteiger partial charge >= 0.3 is 0 Å². The lowest BCUT2D eigenvalue weighted by atomic mass is 9.99. The number of nitrogens with one attached hydrogen (secondary N) is 2. The molecule has 2 N–H and O–H groups in total. The van der Waals surface area contributed by atoms with Crippen LogP contribution in [0.1, 0.15) is 30.4 Å². The van der Waals surface area contributed by atoms with Crippen LogP contribution in [-0.4, -0.2) is 38.0 Å². The lowest BCUT2D eigenvalue weighted by Gasteiger charge is -2.23. The molecule has 2 amide bonds. The van der Waals surface area contributed by atoms with Gasteiger partial charge in [0.2, 0.25) is 11.8 Å². The zero-order chi connectivity index (χ0) is 17.1. The van der Waals surface area contributed by atoms with Crippen LogP contribution in [0.15, 0.2) is 18.2 Å². The van der Waals surface area contributed by atoms with Gasteiger partial charge in [0.15, 0.2) is 0 Å². The van der Waals surface area contributed by atoms with E-state index in [0.29, 0.717) is 25.4 Å². The largest absolute Gasteiger partial charge is 0.355 e. The van der Waals surface area contributed by atoms with Gasteiger partial charge in [-0.3, -0.25) is 9.59 Å². The van der Waals surface area contributed by atoms with E-state index in [2.05, 4.69) is 16.7 Å². The van der Waals surface area contributed by atoms with Crippen LogP contribution in [-0.2, 0) is 9.59 Å². The number of carbonyl (C=O) groups excluding carboxylic acids is 2. The van der Waals surface area contributed by atoms with Crippen LogP contribution >= 0.6 is 12.4 Å². The van der Waals surface area contributed by atoms with Crippen LogP contribution in [0.4, 0.5) is 5.69 Å². The highest BCUT2D eigenvalue weighted by Gasteiger charge is 2.37. The third kappa shape index (κ3) is 4.73. The summed E-state index contributed by atoms with van der Waals surface area (Å²) in [4.78, 5) is 26.9. The molecule has 2 atom stereocenters. The second kappa shape index (κ2) is 8.68. The molecule has 138 valence electrons. The lowest BCUT2D eigenvalue weighted by Crippen LogP contribution is -2.42. The number of nitrogens with zero attached hydrogens (tertiary/aromatic N) is 1. The average molecular weight is 366 g/mol. The van der Waals surface area contributed by atoms with E-state index in [4.69, 9.17) is 0 Å². The number of piperidine rings is 1. The summed E-state index contributed by atoms with van der Waals surface area (Å²) in [6.45, 7) is 7.35. The molecule has 0 aromatic heterocycles. The van der Waals surface area contributed by atoms with E-state index in [1.165, 1.54) is 0 Å². The molecule has 3 rings (SSSR count). The molecule has 2 unspecified atom stereocenters. The van der Waals surface area contributed by atoms with Crippen LogP contribution in [0.3, 0.4) is 0 Å². The van der Waals surface area contributed by atoms with E-state index in [0.717, 1.165) is 42.7 Å².